The molecule has 0 bridgehead atoms. The van der Waals surface area contributed by atoms with Crippen molar-refractivity contribution in [2.45, 2.75) is 0 Å². The average molecular weight is 388 g/mol. The lowest BCUT2D eigenvalue weighted by molar-refractivity contribution is -0.136. The number of amides is 2. The van der Waals surface area contributed by atoms with Gasteiger partial charge >= 0.3 is 11.8 Å². The van der Waals surface area contributed by atoms with Crippen molar-refractivity contribution in [1.82, 2.24) is 5.43 Å². The molecule has 0 unspecified atom stereocenters. The Morgan fingerprint density at radius 3 is 2.59 bits per heavy atom. The monoisotopic (exact) mass is 387 g/mol. The predicted octanol–water partition coefficient (Wildman–Crippen LogP) is 3.00. The number of hydrogen-bond acceptors (Lipinski definition) is 5. The lowest BCUT2D eigenvalue weighted by Gasteiger charge is -2.06. The molecule has 8 heteroatoms. The maximum absolute atomic E-state index is 11.9. The zero-order valence-electron chi connectivity index (χ0n) is 14.6. The minimum Gasteiger partial charge on any atom is -0.496 e. The molecule has 2 amide bonds. The molecule has 2 aromatic rings. The predicted molar refractivity (Wildman–Crippen MR) is 105 cm³/mol. The van der Waals surface area contributed by atoms with Gasteiger partial charge in [-0.1, -0.05) is 24.3 Å². The maximum Gasteiger partial charge on any atom is 0.329 e. The topological polar surface area (TPSA) is 89.0 Å². The number of halogens is 1. The molecule has 0 aliphatic heterocycles. The van der Waals surface area contributed by atoms with Gasteiger partial charge in [0.15, 0.2) is 0 Å². The number of anilines is 1. The molecule has 0 atom stereocenters. The molecule has 0 aromatic heterocycles. The molecule has 0 spiro atoms. The Labute approximate surface area is 161 Å². The molecule has 2 aromatic carbocycles. The number of methoxy groups -OCH3 is 1. The summed E-state index contributed by atoms with van der Waals surface area (Å²) in [5, 5.41) is 6.70. The quantitative estimate of drug-likeness (QED) is 0.331. The smallest absolute Gasteiger partial charge is 0.329 e. The van der Waals surface area contributed by atoms with Gasteiger partial charge in [0.05, 0.1) is 13.3 Å². The van der Waals surface area contributed by atoms with Crippen LogP contribution in [0.5, 0.6) is 11.5 Å². The van der Waals surface area contributed by atoms with Gasteiger partial charge in [0.25, 0.3) is 0 Å². The van der Waals surface area contributed by atoms with E-state index in [1.807, 2.05) is 0 Å². The van der Waals surface area contributed by atoms with Crippen molar-refractivity contribution in [2.24, 2.45) is 5.10 Å². The van der Waals surface area contributed by atoms with E-state index in [2.05, 4.69) is 22.4 Å². The third-order valence-electron chi connectivity index (χ3n) is 3.25. The first-order valence-electron chi connectivity index (χ1n) is 7.85. The van der Waals surface area contributed by atoms with E-state index in [1.54, 1.807) is 48.5 Å². The second-order valence-electron chi connectivity index (χ2n) is 5.16. The van der Waals surface area contributed by atoms with Gasteiger partial charge in [-0.05, 0) is 42.5 Å². The van der Waals surface area contributed by atoms with Crippen molar-refractivity contribution in [1.29, 1.82) is 0 Å². The van der Waals surface area contributed by atoms with E-state index in [4.69, 9.17) is 21.1 Å². The summed E-state index contributed by atoms with van der Waals surface area (Å²) in [6, 6.07) is 11.5. The molecule has 140 valence electrons. The molecule has 27 heavy (non-hydrogen) atoms. The molecule has 0 radical (unpaired) electrons. The molecule has 0 fully saturated rings. The first-order valence-corrected chi connectivity index (χ1v) is 8.23. The molecule has 0 aliphatic rings. The van der Waals surface area contributed by atoms with Crippen LogP contribution in [0.3, 0.4) is 0 Å². The molecular formula is C19H18ClN3O4. The second-order valence-corrected chi connectivity index (χ2v) is 5.60. The number of carbonyl (C=O) groups excluding carboxylic acids is 2. The third kappa shape index (κ3) is 6.16. The lowest BCUT2D eigenvalue weighted by atomic mass is 10.2. The SMILES string of the molecule is C=CCOc1ccc(NC(=O)C(=O)N/N=C\c2cc(Cl)ccc2OC)cc1. The second kappa shape index (κ2) is 9.98. The van der Waals surface area contributed by atoms with Crippen LogP contribution in [-0.2, 0) is 9.59 Å². The van der Waals surface area contributed by atoms with E-state index >= 15 is 0 Å². The molecule has 0 saturated heterocycles. The fourth-order valence-corrected chi connectivity index (χ4v) is 2.18. The summed E-state index contributed by atoms with van der Waals surface area (Å²) in [4.78, 5) is 23.7. The van der Waals surface area contributed by atoms with Crippen molar-refractivity contribution in [3.05, 3.63) is 65.7 Å². The van der Waals surface area contributed by atoms with Crippen LogP contribution in [0.4, 0.5) is 5.69 Å². The first kappa shape index (κ1) is 20.0. The van der Waals surface area contributed by atoms with Crippen molar-refractivity contribution in [3.8, 4) is 11.5 Å². The van der Waals surface area contributed by atoms with Crippen molar-refractivity contribution < 1.29 is 19.1 Å². The van der Waals surface area contributed by atoms with Crippen LogP contribution in [0.1, 0.15) is 5.56 Å². The first-order chi connectivity index (χ1) is 13.0. The Bertz CT molecular complexity index is 851. The molecular weight excluding hydrogens is 370 g/mol. The minimum atomic E-state index is -0.917. The highest BCUT2D eigenvalue weighted by molar-refractivity contribution is 6.39. The van der Waals surface area contributed by atoms with Gasteiger partial charge in [0.2, 0.25) is 0 Å². The Kier molecular flexibility index (Phi) is 7.39. The molecule has 2 rings (SSSR count). The molecule has 2 N–H and O–H groups in total. The highest BCUT2D eigenvalue weighted by atomic mass is 35.5. The van der Waals surface area contributed by atoms with Gasteiger partial charge in [0, 0.05) is 16.3 Å². The van der Waals surface area contributed by atoms with Crippen LogP contribution in [0.25, 0.3) is 0 Å². The summed E-state index contributed by atoms with van der Waals surface area (Å²) in [5.74, 6) is -0.623. The van der Waals surface area contributed by atoms with E-state index in [0.717, 1.165) is 0 Å². The number of hydrogen-bond donors (Lipinski definition) is 2. The minimum absolute atomic E-state index is 0.378. The lowest BCUT2D eigenvalue weighted by Crippen LogP contribution is -2.32. The zero-order chi connectivity index (χ0) is 19.6. The Hall–Kier alpha value is -3.32. The number of nitrogens with zero attached hydrogens (tertiary/aromatic N) is 1. The molecule has 7 nitrogen and oxygen atoms in total. The highest BCUT2D eigenvalue weighted by Gasteiger charge is 2.13. The summed E-state index contributed by atoms with van der Waals surface area (Å²) in [7, 11) is 1.50. The normalized spacial score (nSPS) is 10.3. The number of carbonyl (C=O) groups is 2. The van der Waals surface area contributed by atoms with Gasteiger partial charge in [0.1, 0.15) is 18.1 Å². The maximum atomic E-state index is 11.9. The van der Waals surface area contributed by atoms with E-state index in [-0.39, 0.29) is 0 Å². The van der Waals surface area contributed by atoms with Crippen LogP contribution >= 0.6 is 11.6 Å². The van der Waals surface area contributed by atoms with Crippen molar-refractivity contribution in [2.75, 3.05) is 19.0 Å². The summed E-state index contributed by atoms with van der Waals surface area (Å²) in [6.07, 6.45) is 2.96. The Morgan fingerprint density at radius 2 is 1.93 bits per heavy atom. The number of benzene rings is 2. The van der Waals surface area contributed by atoms with E-state index in [1.165, 1.54) is 13.3 Å². The average Bonchev–Trinajstić information content (AvgIpc) is 2.67. The molecule has 0 heterocycles. The number of hydrazone groups is 1. The third-order valence-corrected chi connectivity index (χ3v) is 3.48. The van der Waals surface area contributed by atoms with Crippen molar-refractivity contribution >= 4 is 35.3 Å². The fraction of sp³-hybridized carbons (Fsp3) is 0.105. The van der Waals surface area contributed by atoms with Crippen LogP contribution in [0.15, 0.2) is 60.2 Å². The van der Waals surface area contributed by atoms with Crippen LogP contribution < -0.4 is 20.2 Å². The fourth-order valence-electron chi connectivity index (χ4n) is 1.99. The highest BCUT2D eigenvalue weighted by Crippen LogP contribution is 2.20. The summed E-state index contributed by atoms with van der Waals surface area (Å²) in [5.41, 5.74) is 3.15. The zero-order valence-corrected chi connectivity index (χ0v) is 15.3. The van der Waals surface area contributed by atoms with Gasteiger partial charge < -0.3 is 14.8 Å². The summed E-state index contributed by atoms with van der Waals surface area (Å²) < 4.78 is 10.5. The Balaban J connectivity index is 1.91. The van der Waals surface area contributed by atoms with E-state index < -0.39 is 11.8 Å². The van der Waals surface area contributed by atoms with Crippen LogP contribution in [-0.4, -0.2) is 31.7 Å². The molecule has 0 saturated carbocycles. The summed E-state index contributed by atoms with van der Waals surface area (Å²) >= 11 is 5.91. The van der Waals surface area contributed by atoms with Gasteiger partial charge in [-0.15, -0.1) is 0 Å². The van der Waals surface area contributed by atoms with Gasteiger partial charge in [-0.3, -0.25) is 9.59 Å². The van der Waals surface area contributed by atoms with E-state index in [9.17, 15) is 9.59 Å². The molecule has 0 aliphatic carbocycles. The van der Waals surface area contributed by atoms with Crippen molar-refractivity contribution in [3.63, 3.8) is 0 Å². The number of rotatable bonds is 7. The van der Waals surface area contributed by atoms with Gasteiger partial charge in [-0.2, -0.15) is 5.10 Å². The van der Waals surface area contributed by atoms with Gasteiger partial charge in [-0.25, -0.2) is 5.43 Å². The van der Waals surface area contributed by atoms with Crippen LogP contribution in [0.2, 0.25) is 5.02 Å². The number of ether oxygens (including phenoxy) is 2. The number of nitrogens with one attached hydrogen (secondary N) is 2. The Morgan fingerprint density at radius 1 is 1.19 bits per heavy atom. The van der Waals surface area contributed by atoms with Crippen LogP contribution in [0, 0.1) is 0 Å². The largest absolute Gasteiger partial charge is 0.496 e. The summed E-state index contributed by atoms with van der Waals surface area (Å²) in [6.45, 7) is 3.94. The standard InChI is InChI=1S/C19H18ClN3O4/c1-3-10-27-16-7-5-15(6-8-16)22-18(24)19(25)23-21-12-13-11-14(20)4-9-17(13)26-2/h3-9,11-12H,1,10H2,2H3,(H,22,24)(H,23,25)/b21-12-. The van der Waals surface area contributed by atoms with E-state index in [0.29, 0.717) is 34.4 Å².